The van der Waals surface area contributed by atoms with Gasteiger partial charge in [-0.3, -0.25) is 4.79 Å². The zero-order valence-electron chi connectivity index (χ0n) is 11.1. The second kappa shape index (κ2) is 5.58. The molecule has 5 nitrogen and oxygen atoms in total. The Morgan fingerprint density at radius 2 is 1.48 bits per heavy atom. The molecular formula is C16H12N2O3. The van der Waals surface area contributed by atoms with Crippen molar-refractivity contribution in [3.8, 4) is 22.9 Å². The molecule has 2 aromatic carbocycles. The molecule has 1 heterocycles. The van der Waals surface area contributed by atoms with Crippen LogP contribution in [0, 0.1) is 0 Å². The maximum atomic E-state index is 10.6. The molecule has 0 fully saturated rings. The van der Waals surface area contributed by atoms with Crippen LogP contribution in [0.4, 0.5) is 0 Å². The number of carboxylic acids is 1. The summed E-state index contributed by atoms with van der Waals surface area (Å²) in [6, 6.07) is 16.6. The van der Waals surface area contributed by atoms with Gasteiger partial charge in [-0.15, -0.1) is 10.2 Å². The van der Waals surface area contributed by atoms with Gasteiger partial charge in [-0.25, -0.2) is 0 Å². The Morgan fingerprint density at radius 3 is 2.05 bits per heavy atom. The van der Waals surface area contributed by atoms with Crippen molar-refractivity contribution in [1.82, 2.24) is 10.2 Å². The molecule has 0 amide bonds. The monoisotopic (exact) mass is 280 g/mol. The first-order chi connectivity index (χ1) is 10.2. The number of aliphatic carboxylic acids is 1. The average molecular weight is 280 g/mol. The van der Waals surface area contributed by atoms with Crippen LogP contribution in [0.15, 0.2) is 59.0 Å². The van der Waals surface area contributed by atoms with Crippen molar-refractivity contribution in [3.63, 3.8) is 0 Å². The molecule has 0 saturated heterocycles. The van der Waals surface area contributed by atoms with Crippen molar-refractivity contribution in [2.45, 2.75) is 6.42 Å². The molecule has 0 aliphatic rings. The van der Waals surface area contributed by atoms with Gasteiger partial charge in [0.1, 0.15) is 0 Å². The molecule has 3 aromatic rings. The molecule has 1 N–H and O–H groups in total. The number of hydrogen-bond acceptors (Lipinski definition) is 4. The topological polar surface area (TPSA) is 76.2 Å². The molecule has 21 heavy (non-hydrogen) atoms. The Labute approximate surface area is 120 Å². The zero-order chi connectivity index (χ0) is 14.7. The van der Waals surface area contributed by atoms with E-state index in [1.54, 1.807) is 24.3 Å². The van der Waals surface area contributed by atoms with Crippen LogP contribution in [-0.4, -0.2) is 21.3 Å². The highest BCUT2D eigenvalue weighted by Crippen LogP contribution is 2.23. The largest absolute Gasteiger partial charge is 0.481 e. The van der Waals surface area contributed by atoms with Gasteiger partial charge in [0.2, 0.25) is 11.8 Å². The van der Waals surface area contributed by atoms with Crippen LogP contribution < -0.4 is 0 Å². The highest BCUT2D eigenvalue weighted by Gasteiger charge is 2.10. The lowest BCUT2D eigenvalue weighted by Crippen LogP contribution is -1.99. The number of carbonyl (C=O) groups is 1. The lowest BCUT2D eigenvalue weighted by atomic mass is 10.1. The third-order valence-corrected chi connectivity index (χ3v) is 3.00. The van der Waals surface area contributed by atoms with Gasteiger partial charge < -0.3 is 9.52 Å². The first kappa shape index (κ1) is 13.1. The maximum Gasteiger partial charge on any atom is 0.307 e. The molecule has 1 aromatic heterocycles. The van der Waals surface area contributed by atoms with E-state index in [0.717, 1.165) is 16.7 Å². The number of carboxylic acid groups (broad SMARTS) is 1. The fourth-order valence-electron chi connectivity index (χ4n) is 1.98. The van der Waals surface area contributed by atoms with Crippen molar-refractivity contribution in [2.75, 3.05) is 0 Å². The van der Waals surface area contributed by atoms with Crippen LogP contribution in [0.2, 0.25) is 0 Å². The molecule has 0 atom stereocenters. The van der Waals surface area contributed by atoms with Gasteiger partial charge in [0.05, 0.1) is 6.42 Å². The average Bonchev–Trinajstić information content (AvgIpc) is 2.98. The molecule has 0 aliphatic heterocycles. The number of hydrogen-bond donors (Lipinski definition) is 1. The summed E-state index contributed by atoms with van der Waals surface area (Å²) in [6.07, 6.45) is -0.000616. The molecule has 0 saturated carbocycles. The van der Waals surface area contributed by atoms with Crippen LogP contribution in [0.3, 0.4) is 0 Å². The van der Waals surface area contributed by atoms with Crippen LogP contribution >= 0.6 is 0 Å². The van der Waals surface area contributed by atoms with Crippen LogP contribution in [0.5, 0.6) is 0 Å². The molecular weight excluding hydrogens is 268 g/mol. The number of aromatic nitrogens is 2. The van der Waals surface area contributed by atoms with E-state index in [0.29, 0.717) is 11.8 Å². The smallest absolute Gasteiger partial charge is 0.307 e. The van der Waals surface area contributed by atoms with Gasteiger partial charge in [0.15, 0.2) is 0 Å². The Kier molecular flexibility index (Phi) is 3.47. The summed E-state index contributed by atoms with van der Waals surface area (Å²) in [5.74, 6) is 0.0165. The first-order valence-electron chi connectivity index (χ1n) is 6.42. The zero-order valence-corrected chi connectivity index (χ0v) is 11.1. The van der Waals surface area contributed by atoms with Crippen molar-refractivity contribution < 1.29 is 14.3 Å². The maximum absolute atomic E-state index is 10.6. The van der Waals surface area contributed by atoms with E-state index in [2.05, 4.69) is 10.2 Å². The molecule has 104 valence electrons. The van der Waals surface area contributed by atoms with Crippen molar-refractivity contribution in [2.24, 2.45) is 0 Å². The molecule has 5 heteroatoms. The molecule has 0 radical (unpaired) electrons. The van der Waals surface area contributed by atoms with E-state index in [1.807, 2.05) is 30.3 Å². The van der Waals surface area contributed by atoms with E-state index in [-0.39, 0.29) is 6.42 Å². The summed E-state index contributed by atoms with van der Waals surface area (Å²) < 4.78 is 5.64. The molecule has 0 aliphatic carbocycles. The summed E-state index contributed by atoms with van der Waals surface area (Å²) in [6.45, 7) is 0. The minimum absolute atomic E-state index is 0.000616. The van der Waals surface area contributed by atoms with Gasteiger partial charge in [0, 0.05) is 11.1 Å². The number of benzene rings is 2. The Morgan fingerprint density at radius 1 is 0.905 bits per heavy atom. The fourth-order valence-corrected chi connectivity index (χ4v) is 1.98. The van der Waals surface area contributed by atoms with Gasteiger partial charge >= 0.3 is 5.97 Å². The quantitative estimate of drug-likeness (QED) is 0.795. The first-order valence-corrected chi connectivity index (χ1v) is 6.42. The van der Waals surface area contributed by atoms with Crippen molar-refractivity contribution in [1.29, 1.82) is 0 Å². The predicted octanol–water partition coefficient (Wildman–Crippen LogP) is 3.03. The van der Waals surface area contributed by atoms with E-state index in [1.165, 1.54) is 0 Å². The normalized spacial score (nSPS) is 10.5. The lowest BCUT2D eigenvalue weighted by molar-refractivity contribution is -0.136. The third-order valence-electron chi connectivity index (χ3n) is 3.00. The second-order valence-corrected chi connectivity index (χ2v) is 4.55. The van der Waals surface area contributed by atoms with E-state index >= 15 is 0 Å². The number of rotatable bonds is 4. The Balaban J connectivity index is 1.85. The summed E-state index contributed by atoms with van der Waals surface area (Å²) in [5.41, 5.74) is 2.35. The summed E-state index contributed by atoms with van der Waals surface area (Å²) >= 11 is 0. The Hall–Kier alpha value is -2.95. The second-order valence-electron chi connectivity index (χ2n) is 4.55. The fraction of sp³-hybridized carbons (Fsp3) is 0.0625. The van der Waals surface area contributed by atoms with Gasteiger partial charge in [-0.2, -0.15) is 0 Å². The third kappa shape index (κ3) is 2.97. The van der Waals surface area contributed by atoms with Crippen LogP contribution in [0.1, 0.15) is 5.56 Å². The van der Waals surface area contributed by atoms with Gasteiger partial charge in [0.25, 0.3) is 0 Å². The van der Waals surface area contributed by atoms with Crippen molar-refractivity contribution >= 4 is 5.97 Å². The van der Waals surface area contributed by atoms with Crippen LogP contribution in [-0.2, 0) is 11.2 Å². The Bertz CT molecular complexity index is 749. The minimum Gasteiger partial charge on any atom is -0.481 e. The lowest BCUT2D eigenvalue weighted by Gasteiger charge is -1.98. The molecule has 3 rings (SSSR count). The van der Waals surface area contributed by atoms with E-state index in [4.69, 9.17) is 9.52 Å². The highest BCUT2D eigenvalue weighted by atomic mass is 16.4. The molecule has 0 bridgehead atoms. The summed E-state index contributed by atoms with van der Waals surface area (Å²) in [5, 5.41) is 16.8. The highest BCUT2D eigenvalue weighted by molar-refractivity contribution is 5.70. The summed E-state index contributed by atoms with van der Waals surface area (Å²) in [4.78, 5) is 10.6. The van der Waals surface area contributed by atoms with Crippen LogP contribution in [0.25, 0.3) is 22.9 Å². The predicted molar refractivity (Wildman–Crippen MR) is 76.5 cm³/mol. The SMILES string of the molecule is O=C(O)Cc1ccc(-c2nnc(-c3ccccc3)o2)cc1. The van der Waals surface area contributed by atoms with Crippen molar-refractivity contribution in [3.05, 3.63) is 60.2 Å². The standard InChI is InChI=1S/C16H12N2O3/c19-14(20)10-11-6-8-13(9-7-11)16-18-17-15(21-16)12-4-2-1-3-5-12/h1-9H,10H2,(H,19,20). The van der Waals surface area contributed by atoms with Gasteiger partial charge in [-0.1, -0.05) is 30.3 Å². The van der Waals surface area contributed by atoms with Gasteiger partial charge in [-0.05, 0) is 29.8 Å². The minimum atomic E-state index is -0.855. The molecule has 0 spiro atoms. The number of nitrogens with zero attached hydrogens (tertiary/aromatic N) is 2. The van der Waals surface area contributed by atoms with E-state index < -0.39 is 5.97 Å². The summed E-state index contributed by atoms with van der Waals surface area (Å²) in [7, 11) is 0. The molecule has 0 unspecified atom stereocenters. The van der Waals surface area contributed by atoms with E-state index in [9.17, 15) is 4.79 Å².